The molecule has 27 heavy (non-hydrogen) atoms. The van der Waals surface area contributed by atoms with Crippen LogP contribution >= 0.6 is 11.6 Å². The van der Waals surface area contributed by atoms with E-state index in [-0.39, 0.29) is 10.8 Å². The number of nitrogens with zero attached hydrogens (tertiary/aromatic N) is 1. The van der Waals surface area contributed by atoms with Gasteiger partial charge in [0.1, 0.15) is 11.5 Å². The molecule has 1 aliphatic rings. The van der Waals surface area contributed by atoms with Crippen molar-refractivity contribution >= 4 is 29.1 Å². The zero-order valence-corrected chi connectivity index (χ0v) is 15.0. The molecule has 0 N–H and O–H groups in total. The average molecular weight is 396 g/mol. The number of amides is 2. The summed E-state index contributed by atoms with van der Waals surface area (Å²) in [5.74, 6) is -0.495. The van der Waals surface area contributed by atoms with Gasteiger partial charge in [-0.3, -0.25) is 9.59 Å². The highest BCUT2D eigenvalue weighted by Gasteiger charge is 2.31. The van der Waals surface area contributed by atoms with Crippen LogP contribution in [-0.4, -0.2) is 11.8 Å². The molecule has 140 valence electrons. The predicted molar refractivity (Wildman–Crippen MR) is 94.1 cm³/mol. The fraction of sp³-hybridized carbons (Fsp3) is 0.158. The van der Waals surface area contributed by atoms with E-state index in [0.29, 0.717) is 22.6 Å². The molecule has 4 nitrogen and oxygen atoms in total. The fourth-order valence-electron chi connectivity index (χ4n) is 2.84. The lowest BCUT2D eigenvalue weighted by Crippen LogP contribution is -2.30. The molecule has 0 aliphatic carbocycles. The number of rotatable bonds is 3. The number of carbonyl (C=O) groups is 2. The summed E-state index contributed by atoms with van der Waals surface area (Å²) < 4.78 is 43.8. The molecule has 0 saturated heterocycles. The van der Waals surface area contributed by atoms with Crippen LogP contribution in [0.15, 0.2) is 42.5 Å². The van der Waals surface area contributed by atoms with Crippen LogP contribution in [0.4, 0.5) is 18.9 Å². The molecule has 2 amide bonds. The van der Waals surface area contributed by atoms with E-state index in [1.807, 2.05) is 0 Å². The number of benzene rings is 2. The van der Waals surface area contributed by atoms with Gasteiger partial charge in [0, 0.05) is 12.2 Å². The van der Waals surface area contributed by atoms with Crippen molar-refractivity contribution in [1.82, 2.24) is 0 Å². The van der Waals surface area contributed by atoms with E-state index in [4.69, 9.17) is 16.3 Å². The Bertz CT molecular complexity index is 942. The second-order valence-electron chi connectivity index (χ2n) is 6.00. The molecule has 8 heteroatoms. The second-order valence-corrected chi connectivity index (χ2v) is 6.40. The van der Waals surface area contributed by atoms with Crippen LogP contribution < -0.4 is 9.64 Å². The Kier molecular flexibility index (Phi) is 4.73. The first-order chi connectivity index (χ1) is 12.6. The molecule has 2 aromatic rings. The summed E-state index contributed by atoms with van der Waals surface area (Å²) in [5, 5.41) is -0.182. The summed E-state index contributed by atoms with van der Waals surface area (Å²) in [4.78, 5) is 24.9. The van der Waals surface area contributed by atoms with Crippen molar-refractivity contribution in [3.8, 4) is 11.5 Å². The maximum atomic E-state index is 12.7. The Balaban J connectivity index is 1.92. The minimum Gasteiger partial charge on any atom is -0.456 e. The molecule has 1 heterocycles. The van der Waals surface area contributed by atoms with Crippen molar-refractivity contribution in [2.75, 3.05) is 4.90 Å². The first-order valence-corrected chi connectivity index (χ1v) is 8.17. The normalized spacial score (nSPS) is 14.2. The minimum absolute atomic E-state index is 0.0613. The SMILES string of the molecule is Cc1cc(Oc2ccc(C(F)(F)F)cc2Cl)cc(C)c1N1C(=O)C=CC1=O. The van der Waals surface area contributed by atoms with Crippen molar-refractivity contribution in [2.24, 2.45) is 0 Å². The first-order valence-electron chi connectivity index (χ1n) is 7.80. The largest absolute Gasteiger partial charge is 0.456 e. The van der Waals surface area contributed by atoms with Gasteiger partial charge in [-0.2, -0.15) is 13.2 Å². The minimum atomic E-state index is -4.50. The van der Waals surface area contributed by atoms with Crippen LogP contribution in [-0.2, 0) is 15.8 Å². The van der Waals surface area contributed by atoms with Gasteiger partial charge in [0.05, 0.1) is 16.3 Å². The Morgan fingerprint density at radius 2 is 1.52 bits per heavy atom. The number of hydrogen-bond acceptors (Lipinski definition) is 3. The molecular formula is C19H13ClF3NO3. The lowest BCUT2D eigenvalue weighted by Gasteiger charge is -2.20. The fourth-order valence-corrected chi connectivity index (χ4v) is 3.05. The Labute approximate surface area is 157 Å². The highest BCUT2D eigenvalue weighted by Crippen LogP contribution is 2.38. The smallest absolute Gasteiger partial charge is 0.416 e. The molecule has 0 atom stereocenters. The van der Waals surface area contributed by atoms with Gasteiger partial charge in [-0.25, -0.2) is 4.90 Å². The van der Waals surface area contributed by atoms with Gasteiger partial charge in [-0.05, 0) is 55.3 Å². The number of halogens is 4. The third-order valence-electron chi connectivity index (χ3n) is 3.98. The Morgan fingerprint density at radius 3 is 2.00 bits per heavy atom. The Hall–Kier alpha value is -2.80. The summed E-state index contributed by atoms with van der Waals surface area (Å²) in [6, 6.07) is 5.96. The first kappa shape index (κ1) is 19.0. The van der Waals surface area contributed by atoms with E-state index in [1.54, 1.807) is 26.0 Å². The van der Waals surface area contributed by atoms with Crippen LogP contribution in [0.5, 0.6) is 11.5 Å². The molecular weight excluding hydrogens is 383 g/mol. The predicted octanol–water partition coefficient (Wildman–Crippen LogP) is 5.20. The standard InChI is InChI=1S/C19H13ClF3NO3/c1-10-7-13(8-11(2)18(10)24-16(25)5-6-17(24)26)27-15-4-3-12(9-14(15)20)19(21,22)23/h3-9H,1-2H3. The molecule has 0 aromatic heterocycles. The molecule has 0 saturated carbocycles. The van der Waals surface area contributed by atoms with Gasteiger partial charge >= 0.3 is 6.18 Å². The molecule has 0 radical (unpaired) electrons. The third-order valence-corrected chi connectivity index (χ3v) is 4.28. The highest BCUT2D eigenvalue weighted by atomic mass is 35.5. The van der Waals surface area contributed by atoms with E-state index in [0.717, 1.165) is 23.1 Å². The second kappa shape index (κ2) is 6.74. The highest BCUT2D eigenvalue weighted by molar-refractivity contribution is 6.32. The van der Waals surface area contributed by atoms with E-state index < -0.39 is 23.6 Å². The molecule has 1 aliphatic heterocycles. The van der Waals surface area contributed by atoms with Gasteiger partial charge in [0.25, 0.3) is 11.8 Å². The zero-order valence-electron chi connectivity index (χ0n) is 14.2. The van der Waals surface area contributed by atoms with Gasteiger partial charge in [-0.1, -0.05) is 11.6 Å². The summed E-state index contributed by atoms with van der Waals surface area (Å²) >= 11 is 5.91. The van der Waals surface area contributed by atoms with E-state index in [1.165, 1.54) is 12.2 Å². The van der Waals surface area contributed by atoms with Gasteiger partial charge in [0.2, 0.25) is 0 Å². The topological polar surface area (TPSA) is 46.6 Å². The molecule has 0 spiro atoms. The quantitative estimate of drug-likeness (QED) is 0.671. The van der Waals surface area contributed by atoms with Gasteiger partial charge < -0.3 is 4.74 Å². The van der Waals surface area contributed by atoms with E-state index >= 15 is 0 Å². The van der Waals surface area contributed by atoms with Gasteiger partial charge in [-0.15, -0.1) is 0 Å². The van der Waals surface area contributed by atoms with Crippen LogP contribution in [0.1, 0.15) is 16.7 Å². The number of alkyl halides is 3. The maximum absolute atomic E-state index is 12.7. The lowest BCUT2D eigenvalue weighted by atomic mass is 10.1. The van der Waals surface area contributed by atoms with Crippen molar-refractivity contribution in [2.45, 2.75) is 20.0 Å². The number of imide groups is 1. The van der Waals surface area contributed by atoms with Gasteiger partial charge in [0.15, 0.2) is 0 Å². The summed E-state index contributed by atoms with van der Waals surface area (Å²) in [6.07, 6.45) is -2.12. The van der Waals surface area contributed by atoms with Crippen LogP contribution in [0.25, 0.3) is 0 Å². The molecule has 0 fully saturated rings. The van der Waals surface area contributed by atoms with Crippen molar-refractivity contribution < 1.29 is 27.5 Å². The number of anilines is 1. The van der Waals surface area contributed by atoms with Crippen LogP contribution in [0.3, 0.4) is 0 Å². The van der Waals surface area contributed by atoms with Crippen molar-refractivity contribution in [3.05, 3.63) is 64.2 Å². The third kappa shape index (κ3) is 3.68. The zero-order chi connectivity index (χ0) is 19.9. The molecule has 0 unspecified atom stereocenters. The molecule has 0 bridgehead atoms. The van der Waals surface area contributed by atoms with Crippen molar-refractivity contribution in [3.63, 3.8) is 0 Å². The summed E-state index contributed by atoms with van der Waals surface area (Å²) in [6.45, 7) is 3.39. The Morgan fingerprint density at radius 1 is 0.963 bits per heavy atom. The van der Waals surface area contributed by atoms with Crippen molar-refractivity contribution in [1.29, 1.82) is 0 Å². The maximum Gasteiger partial charge on any atom is 0.416 e. The monoisotopic (exact) mass is 395 g/mol. The number of hydrogen-bond donors (Lipinski definition) is 0. The summed E-state index contributed by atoms with van der Waals surface area (Å²) in [7, 11) is 0. The number of ether oxygens (including phenoxy) is 1. The molecule has 2 aromatic carbocycles. The number of carbonyl (C=O) groups excluding carboxylic acids is 2. The lowest BCUT2D eigenvalue weighted by molar-refractivity contribution is -0.137. The summed E-state index contributed by atoms with van der Waals surface area (Å²) in [5.41, 5.74) is 0.763. The van der Waals surface area contributed by atoms with E-state index in [9.17, 15) is 22.8 Å². The van der Waals surface area contributed by atoms with Crippen LogP contribution in [0, 0.1) is 13.8 Å². The molecule has 3 rings (SSSR count). The van der Waals surface area contributed by atoms with Crippen LogP contribution in [0.2, 0.25) is 5.02 Å². The van der Waals surface area contributed by atoms with E-state index in [2.05, 4.69) is 0 Å². The number of aryl methyl sites for hydroxylation is 2. The average Bonchev–Trinajstić information content (AvgIpc) is 2.87.